The minimum Gasteiger partial charge on any atom is -0.383 e. The van der Waals surface area contributed by atoms with Crippen LogP contribution in [0.4, 0.5) is 10.2 Å². The van der Waals surface area contributed by atoms with E-state index in [9.17, 15) is 4.39 Å². The third-order valence-electron chi connectivity index (χ3n) is 3.20. The standard InChI is InChI=1S/C15H19ClFN3/c1-8(2)15-19-13(14(18)20(15)9(3)4)10-5-6-12(17)11(16)7-10/h5-9H,18H2,1-4H3. The van der Waals surface area contributed by atoms with Gasteiger partial charge in [0.05, 0.1) is 5.02 Å². The first-order valence-corrected chi connectivity index (χ1v) is 7.03. The first-order chi connectivity index (χ1) is 9.32. The fourth-order valence-electron chi connectivity index (χ4n) is 2.27. The number of hydrogen-bond donors (Lipinski definition) is 1. The topological polar surface area (TPSA) is 43.8 Å². The fourth-order valence-corrected chi connectivity index (χ4v) is 2.45. The van der Waals surface area contributed by atoms with Gasteiger partial charge in [-0.15, -0.1) is 0 Å². The molecule has 2 aromatic rings. The second kappa shape index (κ2) is 5.44. The van der Waals surface area contributed by atoms with Gasteiger partial charge in [-0.05, 0) is 32.0 Å². The largest absolute Gasteiger partial charge is 0.383 e. The van der Waals surface area contributed by atoms with Crippen molar-refractivity contribution < 1.29 is 4.39 Å². The van der Waals surface area contributed by atoms with Crippen LogP contribution in [0.5, 0.6) is 0 Å². The summed E-state index contributed by atoms with van der Waals surface area (Å²) in [5.41, 5.74) is 7.62. The average Bonchev–Trinajstić information content (AvgIpc) is 2.71. The highest BCUT2D eigenvalue weighted by Crippen LogP contribution is 2.33. The summed E-state index contributed by atoms with van der Waals surface area (Å²) in [6.45, 7) is 8.26. The number of halogens is 2. The van der Waals surface area contributed by atoms with E-state index in [-0.39, 0.29) is 17.0 Å². The molecule has 0 amide bonds. The summed E-state index contributed by atoms with van der Waals surface area (Å²) in [5.74, 6) is 1.32. The van der Waals surface area contributed by atoms with Crippen molar-refractivity contribution in [3.63, 3.8) is 0 Å². The molecule has 20 heavy (non-hydrogen) atoms. The van der Waals surface area contributed by atoms with E-state index in [1.165, 1.54) is 6.07 Å². The predicted molar refractivity (Wildman–Crippen MR) is 81.5 cm³/mol. The maximum Gasteiger partial charge on any atom is 0.141 e. The highest BCUT2D eigenvalue weighted by molar-refractivity contribution is 6.31. The highest BCUT2D eigenvalue weighted by Gasteiger charge is 2.20. The molecule has 3 nitrogen and oxygen atoms in total. The Morgan fingerprint density at radius 1 is 1.25 bits per heavy atom. The zero-order valence-electron chi connectivity index (χ0n) is 12.1. The zero-order chi connectivity index (χ0) is 15.0. The first kappa shape index (κ1) is 14.9. The maximum atomic E-state index is 13.3. The van der Waals surface area contributed by atoms with Crippen molar-refractivity contribution in [1.29, 1.82) is 0 Å². The lowest BCUT2D eigenvalue weighted by Crippen LogP contribution is -2.10. The van der Waals surface area contributed by atoms with Crippen molar-refractivity contribution in [2.45, 2.75) is 39.7 Å². The average molecular weight is 296 g/mol. The number of rotatable bonds is 3. The molecule has 1 heterocycles. The Bertz CT molecular complexity index is 632. The molecule has 1 aromatic carbocycles. The van der Waals surface area contributed by atoms with E-state index >= 15 is 0 Å². The quantitative estimate of drug-likeness (QED) is 0.897. The normalized spacial score (nSPS) is 11.6. The van der Waals surface area contributed by atoms with Crippen molar-refractivity contribution in [2.75, 3.05) is 5.73 Å². The predicted octanol–water partition coefficient (Wildman–Crippen LogP) is 4.63. The van der Waals surface area contributed by atoms with Gasteiger partial charge in [0.1, 0.15) is 23.2 Å². The Labute approximate surface area is 123 Å². The Balaban J connectivity index is 2.63. The van der Waals surface area contributed by atoms with Crippen LogP contribution < -0.4 is 5.73 Å². The van der Waals surface area contributed by atoms with Gasteiger partial charge in [0.2, 0.25) is 0 Å². The van der Waals surface area contributed by atoms with Crippen molar-refractivity contribution in [1.82, 2.24) is 9.55 Å². The summed E-state index contributed by atoms with van der Waals surface area (Å²) in [4.78, 5) is 4.63. The van der Waals surface area contributed by atoms with Crippen LogP contribution in [0.2, 0.25) is 5.02 Å². The van der Waals surface area contributed by atoms with Crippen molar-refractivity contribution in [3.05, 3.63) is 34.9 Å². The zero-order valence-corrected chi connectivity index (χ0v) is 12.9. The van der Waals surface area contributed by atoms with Crippen LogP contribution in [-0.4, -0.2) is 9.55 Å². The molecule has 0 spiro atoms. The lowest BCUT2D eigenvalue weighted by Gasteiger charge is -2.15. The summed E-state index contributed by atoms with van der Waals surface area (Å²) in [6, 6.07) is 4.75. The van der Waals surface area contributed by atoms with Crippen LogP contribution in [0.3, 0.4) is 0 Å². The van der Waals surface area contributed by atoms with Crippen molar-refractivity contribution in [3.8, 4) is 11.3 Å². The van der Waals surface area contributed by atoms with Crippen LogP contribution in [0, 0.1) is 5.82 Å². The monoisotopic (exact) mass is 295 g/mol. The number of nitrogens with zero attached hydrogens (tertiary/aromatic N) is 2. The van der Waals surface area contributed by atoms with E-state index in [1.54, 1.807) is 12.1 Å². The van der Waals surface area contributed by atoms with E-state index in [2.05, 4.69) is 32.7 Å². The number of nitrogens with two attached hydrogens (primary N) is 1. The highest BCUT2D eigenvalue weighted by atomic mass is 35.5. The van der Waals surface area contributed by atoms with Gasteiger partial charge in [0, 0.05) is 17.5 Å². The van der Waals surface area contributed by atoms with Crippen LogP contribution in [-0.2, 0) is 0 Å². The molecule has 0 atom stereocenters. The van der Waals surface area contributed by atoms with Crippen LogP contribution >= 0.6 is 11.6 Å². The molecule has 2 N–H and O–H groups in total. The molecule has 5 heteroatoms. The van der Waals surface area contributed by atoms with Crippen LogP contribution in [0.25, 0.3) is 11.3 Å². The van der Waals surface area contributed by atoms with Gasteiger partial charge in [-0.1, -0.05) is 25.4 Å². The van der Waals surface area contributed by atoms with E-state index in [4.69, 9.17) is 17.3 Å². The number of hydrogen-bond acceptors (Lipinski definition) is 2. The molecule has 0 unspecified atom stereocenters. The maximum absolute atomic E-state index is 13.3. The molecule has 0 bridgehead atoms. The Hall–Kier alpha value is -1.55. The third kappa shape index (κ3) is 2.52. The summed E-state index contributed by atoms with van der Waals surface area (Å²) in [7, 11) is 0. The molecule has 2 rings (SSSR count). The van der Waals surface area contributed by atoms with Crippen LogP contribution in [0.1, 0.15) is 45.5 Å². The first-order valence-electron chi connectivity index (χ1n) is 6.66. The van der Waals surface area contributed by atoms with E-state index in [1.807, 2.05) is 4.57 Å². The Morgan fingerprint density at radius 2 is 1.90 bits per heavy atom. The van der Waals surface area contributed by atoms with E-state index < -0.39 is 5.82 Å². The van der Waals surface area contributed by atoms with Gasteiger partial charge in [-0.2, -0.15) is 0 Å². The third-order valence-corrected chi connectivity index (χ3v) is 3.49. The molecule has 0 radical (unpaired) electrons. The fraction of sp³-hybridized carbons (Fsp3) is 0.400. The minimum absolute atomic E-state index is 0.0760. The number of benzene rings is 1. The van der Waals surface area contributed by atoms with E-state index in [0.29, 0.717) is 11.5 Å². The Morgan fingerprint density at radius 3 is 2.35 bits per heavy atom. The summed E-state index contributed by atoms with van der Waals surface area (Å²) in [5, 5.41) is 0.0760. The van der Waals surface area contributed by atoms with Crippen LogP contribution in [0.15, 0.2) is 18.2 Å². The molecular formula is C15H19ClFN3. The Kier molecular flexibility index (Phi) is 4.04. The molecule has 0 fully saturated rings. The van der Waals surface area contributed by atoms with Gasteiger partial charge in [-0.25, -0.2) is 9.37 Å². The summed E-state index contributed by atoms with van der Waals surface area (Å²) >= 11 is 5.84. The van der Waals surface area contributed by atoms with Gasteiger partial charge < -0.3 is 10.3 Å². The van der Waals surface area contributed by atoms with E-state index in [0.717, 1.165) is 11.4 Å². The van der Waals surface area contributed by atoms with Gasteiger partial charge in [0.25, 0.3) is 0 Å². The smallest absolute Gasteiger partial charge is 0.141 e. The second-order valence-corrected chi connectivity index (χ2v) is 5.86. The summed E-state index contributed by atoms with van der Waals surface area (Å²) in [6.07, 6.45) is 0. The molecule has 108 valence electrons. The lowest BCUT2D eigenvalue weighted by atomic mass is 10.1. The van der Waals surface area contributed by atoms with Crippen molar-refractivity contribution >= 4 is 17.4 Å². The number of anilines is 1. The number of imidazole rings is 1. The molecule has 0 aliphatic carbocycles. The number of nitrogen functional groups attached to an aromatic ring is 1. The summed E-state index contributed by atoms with van der Waals surface area (Å²) < 4.78 is 15.3. The minimum atomic E-state index is -0.443. The molecule has 0 saturated carbocycles. The number of aromatic nitrogens is 2. The SMILES string of the molecule is CC(C)c1nc(-c2ccc(F)c(Cl)c2)c(N)n1C(C)C. The van der Waals surface area contributed by atoms with Gasteiger partial charge in [0.15, 0.2) is 0 Å². The van der Waals surface area contributed by atoms with Gasteiger partial charge >= 0.3 is 0 Å². The second-order valence-electron chi connectivity index (χ2n) is 5.45. The lowest BCUT2D eigenvalue weighted by molar-refractivity contribution is 0.556. The van der Waals surface area contributed by atoms with Gasteiger partial charge in [-0.3, -0.25) is 0 Å². The van der Waals surface area contributed by atoms with Crippen molar-refractivity contribution in [2.24, 2.45) is 0 Å². The molecule has 0 aliphatic rings. The molecular weight excluding hydrogens is 277 g/mol. The molecule has 0 aliphatic heterocycles. The molecule has 1 aromatic heterocycles. The molecule has 0 saturated heterocycles.